The number of benzene rings is 2. The van der Waals surface area contributed by atoms with Crippen LogP contribution >= 0.6 is 0 Å². The summed E-state index contributed by atoms with van der Waals surface area (Å²) in [6, 6.07) is 20.9. The second-order valence-electron chi connectivity index (χ2n) is 17.8. The van der Waals surface area contributed by atoms with Crippen LogP contribution in [-0.2, 0) is 17.8 Å². The first kappa shape index (κ1) is 43.6. The average Bonchev–Trinajstić information content (AvgIpc) is 2.71. The molecule has 2 aromatic rings. The van der Waals surface area contributed by atoms with Crippen molar-refractivity contribution < 1.29 is 4.74 Å². The molecule has 0 atom stereocenters. The molecule has 2 rings (SSSR count). The third kappa shape index (κ3) is 54.8. The summed E-state index contributed by atoms with van der Waals surface area (Å²) in [5.41, 5.74) is 4.77. The largest absolute Gasteiger partial charge is 0.376 e. The summed E-state index contributed by atoms with van der Waals surface area (Å²) in [6.45, 7) is 42.6. The fraction of sp³-hybridized carbons (Fsp3) is 0.650. The molecule has 0 unspecified atom stereocenters. The summed E-state index contributed by atoms with van der Waals surface area (Å²) in [5.74, 6) is 0. The van der Waals surface area contributed by atoms with Gasteiger partial charge in [0, 0.05) is 0 Å². The monoisotopic (exact) mass is 569 g/mol. The number of hydrogen-bond donors (Lipinski definition) is 0. The molecule has 0 bridgehead atoms. The Morgan fingerprint density at radius 1 is 0.512 bits per heavy atom. The van der Waals surface area contributed by atoms with Crippen molar-refractivity contribution in [3.05, 3.63) is 84.4 Å². The summed E-state index contributed by atoms with van der Waals surface area (Å²) < 4.78 is 5.58. The second-order valence-corrected chi connectivity index (χ2v) is 17.8. The van der Waals surface area contributed by atoms with Gasteiger partial charge in [-0.25, -0.2) is 0 Å². The van der Waals surface area contributed by atoms with Crippen molar-refractivity contribution in [2.75, 3.05) is 6.61 Å². The van der Waals surface area contributed by atoms with E-state index in [2.05, 4.69) is 167 Å². The van der Waals surface area contributed by atoms with Gasteiger partial charge >= 0.3 is 0 Å². The molecule has 0 fully saturated rings. The number of hydrogen-bond acceptors (Lipinski definition) is 1. The molecule has 1 heteroatoms. The summed E-state index contributed by atoms with van der Waals surface area (Å²) in [7, 11) is 0. The van der Waals surface area contributed by atoms with Gasteiger partial charge in [0.15, 0.2) is 0 Å². The standard InChI is InChI=1S/C12H18O.C11H16.C7H14.2C5H12/c1-12(2,3)10-13-9-11-7-5-4-6-8-11;1-11(2,3)9-10-7-5-4-6-8-10;1-5-6-7(2,3)4;2*1-5(2,3)4/h4-8H,9-10H2,1-3H3;4-8H,9H2,1-3H3;5H,1,6H2,2-4H3;2*1-4H3. The molecule has 0 saturated heterocycles. The molecule has 0 aromatic heterocycles. The lowest BCUT2D eigenvalue weighted by molar-refractivity contribution is 0.0599. The summed E-state index contributed by atoms with van der Waals surface area (Å²) in [6.07, 6.45) is 4.22. The maximum atomic E-state index is 5.58. The number of allylic oxidation sites excluding steroid dienone is 1. The Morgan fingerprint density at radius 3 is 1.10 bits per heavy atom. The van der Waals surface area contributed by atoms with Crippen LogP contribution in [0.4, 0.5) is 0 Å². The normalized spacial score (nSPS) is 11.6. The zero-order valence-corrected chi connectivity index (χ0v) is 30.8. The Labute approximate surface area is 259 Å². The van der Waals surface area contributed by atoms with E-state index in [1.165, 1.54) is 11.1 Å². The molecule has 0 aliphatic rings. The van der Waals surface area contributed by atoms with Crippen LogP contribution in [0, 0.1) is 27.1 Å². The molecule has 0 aliphatic heterocycles. The fourth-order valence-electron chi connectivity index (χ4n) is 2.69. The first-order valence-electron chi connectivity index (χ1n) is 15.5. The predicted molar refractivity (Wildman–Crippen MR) is 190 cm³/mol. The Balaban J connectivity index is -0.000000467. The van der Waals surface area contributed by atoms with E-state index in [9.17, 15) is 0 Å². The molecular weight excluding hydrogens is 496 g/mol. The van der Waals surface area contributed by atoms with Crippen LogP contribution in [0.1, 0.15) is 135 Å². The molecule has 0 aliphatic carbocycles. The Bertz CT molecular complexity index is 818. The quantitative estimate of drug-likeness (QED) is 0.326. The van der Waals surface area contributed by atoms with Crippen molar-refractivity contribution in [2.24, 2.45) is 27.1 Å². The van der Waals surface area contributed by atoms with Crippen LogP contribution in [0.3, 0.4) is 0 Å². The summed E-state index contributed by atoms with van der Waals surface area (Å²) >= 11 is 0. The van der Waals surface area contributed by atoms with Crippen LogP contribution in [-0.4, -0.2) is 6.61 Å². The molecule has 0 radical (unpaired) electrons. The van der Waals surface area contributed by atoms with Crippen LogP contribution in [0.5, 0.6) is 0 Å². The van der Waals surface area contributed by atoms with Crippen LogP contribution in [0.25, 0.3) is 0 Å². The van der Waals surface area contributed by atoms with Crippen LogP contribution in [0.2, 0.25) is 0 Å². The molecular formula is C40H72O. The van der Waals surface area contributed by atoms with Crippen molar-refractivity contribution in [3.8, 4) is 0 Å². The molecule has 2 aromatic carbocycles. The highest BCUT2D eigenvalue weighted by atomic mass is 16.5. The minimum atomic E-state index is 0.259. The van der Waals surface area contributed by atoms with Gasteiger partial charge in [0.2, 0.25) is 0 Å². The van der Waals surface area contributed by atoms with E-state index in [4.69, 9.17) is 4.74 Å². The maximum absolute atomic E-state index is 5.58. The molecule has 0 N–H and O–H groups in total. The topological polar surface area (TPSA) is 9.23 Å². The molecule has 238 valence electrons. The predicted octanol–water partition coefficient (Wildman–Crippen LogP) is 13.2. The van der Waals surface area contributed by atoms with E-state index in [0.717, 1.165) is 26.1 Å². The lowest BCUT2D eigenvalue weighted by atomic mass is 9.88. The van der Waals surface area contributed by atoms with E-state index < -0.39 is 0 Å². The van der Waals surface area contributed by atoms with Crippen molar-refractivity contribution in [3.63, 3.8) is 0 Å². The van der Waals surface area contributed by atoms with Gasteiger partial charge in [-0.15, -0.1) is 6.58 Å². The highest BCUT2D eigenvalue weighted by Gasteiger charge is 2.10. The molecule has 0 saturated carbocycles. The lowest BCUT2D eigenvalue weighted by Gasteiger charge is -2.17. The van der Waals surface area contributed by atoms with Gasteiger partial charge in [-0.1, -0.05) is 184 Å². The highest BCUT2D eigenvalue weighted by molar-refractivity contribution is 5.15. The number of rotatable bonds is 5. The minimum absolute atomic E-state index is 0.259. The van der Waals surface area contributed by atoms with E-state index in [0.29, 0.717) is 21.7 Å². The maximum Gasteiger partial charge on any atom is 0.0717 e. The smallest absolute Gasteiger partial charge is 0.0717 e. The third-order valence-electron chi connectivity index (χ3n) is 3.98. The zero-order chi connectivity index (χ0) is 33.0. The Morgan fingerprint density at radius 2 is 0.854 bits per heavy atom. The van der Waals surface area contributed by atoms with Gasteiger partial charge in [-0.2, -0.15) is 0 Å². The second kappa shape index (κ2) is 20.9. The number of ether oxygens (including phenoxy) is 1. The van der Waals surface area contributed by atoms with Crippen molar-refractivity contribution in [2.45, 2.75) is 137 Å². The zero-order valence-electron chi connectivity index (χ0n) is 30.8. The first-order valence-corrected chi connectivity index (χ1v) is 15.5. The van der Waals surface area contributed by atoms with Gasteiger partial charge in [0.25, 0.3) is 0 Å². The Hall–Kier alpha value is -1.86. The summed E-state index contributed by atoms with van der Waals surface area (Å²) in [5, 5.41) is 0. The molecule has 1 nitrogen and oxygen atoms in total. The lowest BCUT2D eigenvalue weighted by Crippen LogP contribution is -2.14. The van der Waals surface area contributed by atoms with E-state index in [-0.39, 0.29) is 5.41 Å². The van der Waals surface area contributed by atoms with Gasteiger partial charge < -0.3 is 4.74 Å². The fourth-order valence-corrected chi connectivity index (χ4v) is 2.69. The van der Waals surface area contributed by atoms with Crippen molar-refractivity contribution in [1.29, 1.82) is 0 Å². The Kier molecular flexibility index (Phi) is 22.2. The average molecular weight is 569 g/mol. The van der Waals surface area contributed by atoms with Crippen LogP contribution in [0.15, 0.2) is 73.3 Å². The molecule has 0 heterocycles. The highest BCUT2D eigenvalue weighted by Crippen LogP contribution is 2.20. The molecule has 41 heavy (non-hydrogen) atoms. The van der Waals surface area contributed by atoms with Gasteiger partial charge in [-0.05, 0) is 51.0 Å². The van der Waals surface area contributed by atoms with Gasteiger partial charge in [-0.3, -0.25) is 0 Å². The minimum Gasteiger partial charge on any atom is -0.376 e. The van der Waals surface area contributed by atoms with Crippen molar-refractivity contribution >= 4 is 0 Å². The molecule has 0 spiro atoms. The van der Waals surface area contributed by atoms with Crippen LogP contribution < -0.4 is 0 Å². The van der Waals surface area contributed by atoms with Gasteiger partial charge in [0.05, 0.1) is 13.2 Å². The van der Waals surface area contributed by atoms with Gasteiger partial charge in [0.1, 0.15) is 0 Å². The van der Waals surface area contributed by atoms with E-state index in [1.807, 2.05) is 24.3 Å². The first-order chi connectivity index (χ1) is 18.2. The van der Waals surface area contributed by atoms with E-state index >= 15 is 0 Å². The SMILES string of the molecule is C=CCC(C)(C)C.CC(C)(C)C.CC(C)(C)C.CC(C)(C)COCc1ccccc1.CC(C)(C)Cc1ccccc1. The van der Waals surface area contributed by atoms with Crippen molar-refractivity contribution in [1.82, 2.24) is 0 Å². The summed E-state index contributed by atoms with van der Waals surface area (Å²) in [4.78, 5) is 0. The third-order valence-corrected chi connectivity index (χ3v) is 3.98. The molecule has 0 amide bonds. The van der Waals surface area contributed by atoms with E-state index in [1.54, 1.807) is 0 Å².